The average Bonchev–Trinajstić information content (AvgIpc) is 2.98. The van der Waals surface area contributed by atoms with E-state index in [1.54, 1.807) is 59.2 Å². The monoisotopic (exact) mass is 333 g/mol. The number of imidazole rings is 1. The molecule has 3 rings (SSSR count). The Morgan fingerprint density at radius 3 is 2.46 bits per heavy atom. The largest absolute Gasteiger partial charge is 0.405 e. The number of rotatable bonds is 4. The number of halogens is 3. The molecule has 0 saturated carbocycles. The van der Waals surface area contributed by atoms with Crippen LogP contribution in [0.25, 0.3) is 11.0 Å². The van der Waals surface area contributed by atoms with Gasteiger partial charge in [-0.15, -0.1) is 0 Å². The zero-order chi connectivity index (χ0) is 17.2. The summed E-state index contributed by atoms with van der Waals surface area (Å²) in [4.78, 5) is 16.7. The van der Waals surface area contributed by atoms with Crippen molar-refractivity contribution in [3.8, 4) is 0 Å². The van der Waals surface area contributed by atoms with Crippen LogP contribution in [0, 0.1) is 0 Å². The number of benzene rings is 2. The molecule has 0 bridgehead atoms. The van der Waals surface area contributed by atoms with Gasteiger partial charge in [-0.05, 0) is 17.7 Å². The van der Waals surface area contributed by atoms with Gasteiger partial charge in [0.15, 0.2) is 0 Å². The first-order chi connectivity index (χ1) is 11.5. The van der Waals surface area contributed by atoms with Crippen LogP contribution in [-0.4, -0.2) is 28.2 Å². The van der Waals surface area contributed by atoms with Gasteiger partial charge in [0.25, 0.3) is 0 Å². The van der Waals surface area contributed by atoms with E-state index in [1.807, 2.05) is 5.32 Å². The van der Waals surface area contributed by atoms with E-state index in [2.05, 4.69) is 4.98 Å². The van der Waals surface area contributed by atoms with Gasteiger partial charge in [-0.25, -0.2) is 4.98 Å². The second-order valence-corrected chi connectivity index (χ2v) is 5.29. The summed E-state index contributed by atoms with van der Waals surface area (Å²) in [6.45, 7) is -1.37. The van der Waals surface area contributed by atoms with Crippen molar-refractivity contribution in [1.29, 1.82) is 0 Å². The molecule has 2 aromatic carbocycles. The number of nitrogens with zero attached hydrogens (tertiary/aromatic N) is 2. The Morgan fingerprint density at radius 1 is 1.08 bits per heavy atom. The summed E-state index contributed by atoms with van der Waals surface area (Å²) in [5.41, 5.74) is 1.93. The molecule has 24 heavy (non-hydrogen) atoms. The Bertz CT molecular complexity index is 843. The molecule has 0 saturated heterocycles. The highest BCUT2D eigenvalue weighted by Crippen LogP contribution is 2.24. The molecule has 0 aliphatic rings. The zero-order valence-electron chi connectivity index (χ0n) is 12.5. The van der Waals surface area contributed by atoms with Crippen LogP contribution in [0.2, 0.25) is 0 Å². The molecule has 1 atom stereocenters. The summed E-state index contributed by atoms with van der Waals surface area (Å²) in [6.07, 6.45) is -3.00. The lowest BCUT2D eigenvalue weighted by Gasteiger charge is -2.20. The summed E-state index contributed by atoms with van der Waals surface area (Å²) in [5, 5.41) is 1.96. The minimum absolute atomic E-state index is 0.584. The van der Waals surface area contributed by atoms with Crippen molar-refractivity contribution in [1.82, 2.24) is 14.9 Å². The van der Waals surface area contributed by atoms with Crippen LogP contribution in [0.3, 0.4) is 0 Å². The number of carbonyl (C=O) groups excluding carboxylic acids is 1. The van der Waals surface area contributed by atoms with E-state index in [1.165, 1.54) is 6.33 Å². The van der Waals surface area contributed by atoms with Gasteiger partial charge in [0.1, 0.15) is 12.6 Å². The lowest BCUT2D eigenvalue weighted by molar-refractivity contribution is -0.139. The SMILES string of the molecule is O=C(NCC(F)(F)F)C(c1ccccc1)n1cnc2ccccc21. The molecule has 0 radical (unpaired) electrons. The fourth-order valence-corrected chi connectivity index (χ4v) is 2.54. The maximum absolute atomic E-state index is 12.5. The van der Waals surface area contributed by atoms with Gasteiger partial charge >= 0.3 is 6.18 Å². The molecule has 7 heteroatoms. The third-order valence-corrected chi connectivity index (χ3v) is 3.59. The third kappa shape index (κ3) is 3.40. The predicted octanol–water partition coefficient (Wildman–Crippen LogP) is 3.30. The summed E-state index contributed by atoms with van der Waals surface area (Å²) in [6, 6.07) is 14.9. The van der Waals surface area contributed by atoms with Gasteiger partial charge in [0.2, 0.25) is 5.91 Å². The Labute approximate surface area is 135 Å². The van der Waals surface area contributed by atoms with Gasteiger partial charge in [-0.1, -0.05) is 42.5 Å². The molecule has 3 aromatic rings. The van der Waals surface area contributed by atoms with Gasteiger partial charge < -0.3 is 9.88 Å². The van der Waals surface area contributed by atoms with E-state index in [0.717, 1.165) is 0 Å². The molecule has 1 amide bonds. The van der Waals surface area contributed by atoms with E-state index in [-0.39, 0.29) is 0 Å². The molecule has 1 heterocycles. The van der Waals surface area contributed by atoms with Crippen molar-refractivity contribution >= 4 is 16.9 Å². The van der Waals surface area contributed by atoms with Crippen molar-refractivity contribution in [3.05, 3.63) is 66.5 Å². The average molecular weight is 333 g/mol. The van der Waals surface area contributed by atoms with Crippen LogP contribution >= 0.6 is 0 Å². The van der Waals surface area contributed by atoms with Crippen LogP contribution in [0.1, 0.15) is 11.6 Å². The van der Waals surface area contributed by atoms with Crippen LogP contribution in [0.4, 0.5) is 13.2 Å². The number of hydrogen-bond donors (Lipinski definition) is 1. The number of carbonyl (C=O) groups is 1. The Kier molecular flexibility index (Phi) is 4.24. The Morgan fingerprint density at radius 2 is 1.75 bits per heavy atom. The fourth-order valence-electron chi connectivity index (χ4n) is 2.54. The second-order valence-electron chi connectivity index (χ2n) is 5.29. The first-order valence-corrected chi connectivity index (χ1v) is 7.27. The third-order valence-electron chi connectivity index (χ3n) is 3.59. The molecule has 1 N–H and O–H groups in total. The lowest BCUT2D eigenvalue weighted by Crippen LogP contribution is -2.38. The molecule has 0 spiro atoms. The minimum atomic E-state index is -4.46. The predicted molar refractivity (Wildman–Crippen MR) is 83.4 cm³/mol. The second kappa shape index (κ2) is 6.35. The Hall–Kier alpha value is -2.83. The summed E-state index contributed by atoms with van der Waals surface area (Å²) in [7, 11) is 0. The van der Waals surface area contributed by atoms with Crippen LogP contribution in [0.15, 0.2) is 60.9 Å². The summed E-state index contributed by atoms with van der Waals surface area (Å²) in [5.74, 6) is -0.735. The number of alkyl halides is 3. The van der Waals surface area contributed by atoms with Crippen molar-refractivity contribution < 1.29 is 18.0 Å². The van der Waals surface area contributed by atoms with Crippen molar-refractivity contribution in [2.45, 2.75) is 12.2 Å². The van der Waals surface area contributed by atoms with Gasteiger partial charge in [-0.2, -0.15) is 13.2 Å². The van der Waals surface area contributed by atoms with E-state index < -0.39 is 24.7 Å². The maximum Gasteiger partial charge on any atom is 0.405 e. The Balaban J connectivity index is 2.01. The quantitative estimate of drug-likeness (QED) is 0.796. The number of fused-ring (bicyclic) bond motifs is 1. The molecule has 1 unspecified atom stereocenters. The summed E-state index contributed by atoms with van der Waals surface area (Å²) >= 11 is 0. The molecular formula is C17H14F3N3O. The van der Waals surface area contributed by atoms with Gasteiger partial charge in [-0.3, -0.25) is 4.79 Å². The van der Waals surface area contributed by atoms with E-state index >= 15 is 0 Å². The van der Waals surface area contributed by atoms with Crippen molar-refractivity contribution in [2.75, 3.05) is 6.54 Å². The number of aromatic nitrogens is 2. The van der Waals surface area contributed by atoms with Crippen LogP contribution in [0.5, 0.6) is 0 Å². The highest BCUT2D eigenvalue weighted by atomic mass is 19.4. The highest BCUT2D eigenvalue weighted by molar-refractivity contribution is 5.86. The lowest BCUT2D eigenvalue weighted by atomic mass is 10.1. The highest BCUT2D eigenvalue weighted by Gasteiger charge is 2.31. The van der Waals surface area contributed by atoms with E-state index in [4.69, 9.17) is 0 Å². The zero-order valence-corrected chi connectivity index (χ0v) is 12.5. The normalized spacial score (nSPS) is 13.0. The number of amides is 1. The van der Waals surface area contributed by atoms with Crippen molar-refractivity contribution in [2.24, 2.45) is 0 Å². The molecule has 124 valence electrons. The fraction of sp³-hybridized carbons (Fsp3) is 0.176. The van der Waals surface area contributed by atoms with Crippen LogP contribution < -0.4 is 5.32 Å². The maximum atomic E-state index is 12.5. The first-order valence-electron chi connectivity index (χ1n) is 7.27. The van der Waals surface area contributed by atoms with Gasteiger partial charge in [0, 0.05) is 0 Å². The van der Waals surface area contributed by atoms with Gasteiger partial charge in [0.05, 0.1) is 17.4 Å². The molecule has 0 aliphatic carbocycles. The topological polar surface area (TPSA) is 46.9 Å². The van der Waals surface area contributed by atoms with E-state index in [0.29, 0.717) is 16.6 Å². The summed E-state index contributed by atoms with van der Waals surface area (Å²) < 4.78 is 38.9. The number of nitrogens with one attached hydrogen (secondary N) is 1. The van der Waals surface area contributed by atoms with Crippen molar-refractivity contribution in [3.63, 3.8) is 0 Å². The number of hydrogen-bond acceptors (Lipinski definition) is 2. The molecule has 1 aromatic heterocycles. The van der Waals surface area contributed by atoms with E-state index in [9.17, 15) is 18.0 Å². The smallest absolute Gasteiger partial charge is 0.345 e. The molecule has 0 fully saturated rings. The van der Waals surface area contributed by atoms with Crippen LogP contribution in [-0.2, 0) is 4.79 Å². The standard InChI is InChI=1S/C17H14F3N3O/c18-17(19,20)10-21-16(24)15(12-6-2-1-3-7-12)23-11-22-13-8-4-5-9-14(13)23/h1-9,11,15H,10H2,(H,21,24). The molecule has 4 nitrogen and oxygen atoms in total. The first kappa shape index (κ1) is 16.0. The number of para-hydroxylation sites is 2. The molecular weight excluding hydrogens is 319 g/mol. The molecule has 0 aliphatic heterocycles. The minimum Gasteiger partial charge on any atom is -0.345 e.